The number of aliphatic carboxylic acids is 1. The van der Waals surface area contributed by atoms with Gasteiger partial charge < -0.3 is 15.3 Å². The van der Waals surface area contributed by atoms with Crippen molar-refractivity contribution in [3.8, 4) is 11.5 Å². The van der Waals surface area contributed by atoms with Crippen molar-refractivity contribution < 1.29 is 20.1 Å². The first-order chi connectivity index (χ1) is 16.0. The van der Waals surface area contributed by atoms with Crippen LogP contribution >= 0.6 is 0 Å². The lowest BCUT2D eigenvalue weighted by molar-refractivity contribution is -0.270. The maximum Gasteiger partial charge on any atom is 0.321 e. The minimum Gasteiger partial charge on any atom is -0.870 e. The standard InChI is InChI=1S/C28H25NO4/c30-25-17-16-20(19-26(25)31)18-24(27(32)33)29-28(21-10-4-1-5-11-21,22-12-6-2-7-13-22)23-14-8-3-9-15-23/h1-17,19,24,29-31H,18H2,(H,32,33)/p-1/t24-/m0/s1. The fourth-order valence-electron chi connectivity index (χ4n) is 4.20. The first-order valence-electron chi connectivity index (χ1n) is 10.7. The number of hydrogen-bond acceptors (Lipinski definition) is 4. The molecule has 0 saturated heterocycles. The Labute approximate surface area is 192 Å². The molecule has 0 aliphatic carbocycles. The van der Waals surface area contributed by atoms with E-state index < -0.39 is 29.0 Å². The van der Waals surface area contributed by atoms with Crippen LogP contribution in [0.25, 0.3) is 0 Å². The van der Waals surface area contributed by atoms with Crippen molar-refractivity contribution in [3.63, 3.8) is 0 Å². The number of aromatic hydroxyl groups is 1. The summed E-state index contributed by atoms with van der Waals surface area (Å²) in [7, 11) is 0. The van der Waals surface area contributed by atoms with Crippen LogP contribution in [0.5, 0.6) is 11.5 Å². The Hall–Kier alpha value is -4.09. The summed E-state index contributed by atoms with van der Waals surface area (Å²) in [5.74, 6) is -1.92. The summed E-state index contributed by atoms with van der Waals surface area (Å²) >= 11 is 0. The first kappa shape index (κ1) is 22.1. The van der Waals surface area contributed by atoms with Crippen LogP contribution in [0, 0.1) is 0 Å². The Bertz CT molecular complexity index is 1110. The van der Waals surface area contributed by atoms with Gasteiger partial charge in [0.05, 0.1) is 5.54 Å². The highest BCUT2D eigenvalue weighted by Crippen LogP contribution is 2.37. The molecule has 4 rings (SSSR count). The van der Waals surface area contributed by atoms with Gasteiger partial charge in [-0.05, 0) is 34.7 Å². The average molecular weight is 439 g/mol. The van der Waals surface area contributed by atoms with Crippen LogP contribution in [0.3, 0.4) is 0 Å². The zero-order valence-electron chi connectivity index (χ0n) is 17.9. The van der Waals surface area contributed by atoms with Crippen molar-refractivity contribution in [1.82, 2.24) is 5.32 Å². The zero-order chi connectivity index (χ0) is 23.3. The molecule has 0 spiro atoms. The third-order valence-corrected chi connectivity index (χ3v) is 5.77. The van der Waals surface area contributed by atoms with Crippen molar-refractivity contribution in [1.29, 1.82) is 0 Å². The second kappa shape index (κ2) is 9.59. The molecular weight excluding hydrogens is 414 g/mol. The van der Waals surface area contributed by atoms with Gasteiger partial charge in [0.2, 0.25) is 0 Å². The molecule has 0 heterocycles. The molecule has 4 aromatic carbocycles. The van der Waals surface area contributed by atoms with Gasteiger partial charge >= 0.3 is 5.97 Å². The van der Waals surface area contributed by atoms with Crippen molar-refractivity contribution in [2.45, 2.75) is 18.0 Å². The molecule has 0 aliphatic heterocycles. The topological polar surface area (TPSA) is 92.6 Å². The average Bonchev–Trinajstić information content (AvgIpc) is 2.85. The SMILES string of the molecule is O=C(O)[C@H](Cc1ccc([O-])c(O)c1)NC(c1ccccc1)(c1ccccc1)c1ccccc1. The third kappa shape index (κ3) is 4.59. The van der Waals surface area contributed by atoms with E-state index in [9.17, 15) is 20.1 Å². The predicted octanol–water partition coefficient (Wildman–Crippen LogP) is 4.04. The van der Waals surface area contributed by atoms with E-state index in [2.05, 4.69) is 5.32 Å². The Balaban J connectivity index is 1.88. The van der Waals surface area contributed by atoms with E-state index in [1.807, 2.05) is 91.0 Å². The second-order valence-electron chi connectivity index (χ2n) is 7.89. The molecule has 0 aliphatic rings. The lowest BCUT2D eigenvalue weighted by Gasteiger charge is -2.39. The van der Waals surface area contributed by atoms with Gasteiger partial charge in [0.1, 0.15) is 11.8 Å². The quantitative estimate of drug-likeness (QED) is 0.361. The predicted molar refractivity (Wildman–Crippen MR) is 125 cm³/mol. The number of carbonyl (C=O) groups is 1. The van der Waals surface area contributed by atoms with Crippen molar-refractivity contribution >= 4 is 5.97 Å². The lowest BCUT2D eigenvalue weighted by Crippen LogP contribution is -2.53. The van der Waals surface area contributed by atoms with Crippen LogP contribution in [0.2, 0.25) is 0 Å². The van der Waals surface area contributed by atoms with Crippen LogP contribution in [0.1, 0.15) is 22.3 Å². The molecule has 4 aromatic rings. The second-order valence-corrected chi connectivity index (χ2v) is 7.89. The lowest BCUT2D eigenvalue weighted by atomic mass is 9.76. The summed E-state index contributed by atoms with van der Waals surface area (Å²) in [6, 6.07) is 32.3. The molecule has 166 valence electrons. The van der Waals surface area contributed by atoms with E-state index in [1.54, 1.807) is 6.07 Å². The number of carboxylic acid groups (broad SMARTS) is 1. The minimum atomic E-state index is -1.03. The van der Waals surface area contributed by atoms with Crippen LogP contribution in [-0.4, -0.2) is 22.2 Å². The molecule has 0 aromatic heterocycles. The normalized spacial score (nSPS) is 12.2. The van der Waals surface area contributed by atoms with Gasteiger partial charge in [-0.3, -0.25) is 10.1 Å². The highest BCUT2D eigenvalue weighted by Gasteiger charge is 2.39. The van der Waals surface area contributed by atoms with Gasteiger partial charge in [0.25, 0.3) is 0 Å². The van der Waals surface area contributed by atoms with Crippen molar-refractivity contribution in [2.75, 3.05) is 0 Å². The van der Waals surface area contributed by atoms with E-state index in [0.717, 1.165) is 16.7 Å². The third-order valence-electron chi connectivity index (χ3n) is 5.77. The molecule has 33 heavy (non-hydrogen) atoms. The molecule has 3 N–H and O–H groups in total. The van der Waals surface area contributed by atoms with E-state index in [1.165, 1.54) is 12.1 Å². The highest BCUT2D eigenvalue weighted by atomic mass is 16.4. The Morgan fingerprint density at radius 3 is 1.64 bits per heavy atom. The van der Waals surface area contributed by atoms with Gasteiger partial charge in [0, 0.05) is 0 Å². The van der Waals surface area contributed by atoms with E-state index in [-0.39, 0.29) is 6.42 Å². The van der Waals surface area contributed by atoms with Crippen molar-refractivity contribution in [3.05, 3.63) is 131 Å². The number of phenolic OH excluding ortho intramolecular Hbond substituents is 1. The van der Waals surface area contributed by atoms with Crippen LogP contribution < -0.4 is 10.4 Å². The van der Waals surface area contributed by atoms with Gasteiger partial charge in [-0.2, -0.15) is 0 Å². The molecule has 0 bridgehead atoms. The molecule has 1 atom stereocenters. The molecule has 0 radical (unpaired) electrons. The zero-order valence-corrected chi connectivity index (χ0v) is 17.9. The number of nitrogens with one attached hydrogen (secondary N) is 1. The summed E-state index contributed by atoms with van der Waals surface area (Å²) in [4.78, 5) is 12.4. The molecule has 5 heteroatoms. The number of hydrogen-bond donors (Lipinski definition) is 3. The maximum atomic E-state index is 12.4. The molecule has 5 nitrogen and oxygen atoms in total. The number of carboxylic acids is 1. The highest BCUT2D eigenvalue weighted by molar-refractivity contribution is 5.74. The summed E-state index contributed by atoms with van der Waals surface area (Å²) < 4.78 is 0. The fraction of sp³-hybridized carbons (Fsp3) is 0.107. The van der Waals surface area contributed by atoms with Crippen LogP contribution in [-0.2, 0) is 16.8 Å². The largest absolute Gasteiger partial charge is 0.870 e. The molecule has 0 amide bonds. The Morgan fingerprint density at radius 2 is 1.24 bits per heavy atom. The monoisotopic (exact) mass is 438 g/mol. The number of benzene rings is 4. The van der Waals surface area contributed by atoms with Gasteiger partial charge in [0.15, 0.2) is 0 Å². The van der Waals surface area contributed by atoms with Gasteiger partial charge in [-0.25, -0.2) is 0 Å². The minimum absolute atomic E-state index is 0.0808. The van der Waals surface area contributed by atoms with Crippen molar-refractivity contribution in [2.24, 2.45) is 0 Å². The summed E-state index contributed by atoms with van der Waals surface area (Å²) in [6.45, 7) is 0. The number of rotatable bonds is 8. The maximum absolute atomic E-state index is 12.4. The van der Waals surface area contributed by atoms with Gasteiger partial charge in [-0.1, -0.05) is 109 Å². The Kier molecular flexibility index (Phi) is 6.43. The summed E-state index contributed by atoms with van der Waals surface area (Å²) in [5.41, 5.74) is 2.28. The molecule has 0 fully saturated rings. The fourth-order valence-corrected chi connectivity index (χ4v) is 4.20. The van der Waals surface area contributed by atoms with E-state index >= 15 is 0 Å². The first-order valence-corrected chi connectivity index (χ1v) is 10.7. The van der Waals surface area contributed by atoms with E-state index in [4.69, 9.17) is 0 Å². The molecular formula is C28H24NO4-. The van der Waals surface area contributed by atoms with Crippen LogP contribution in [0.15, 0.2) is 109 Å². The molecule has 0 saturated carbocycles. The summed E-state index contributed by atoms with van der Waals surface area (Å²) in [5, 5.41) is 35.0. The van der Waals surface area contributed by atoms with Gasteiger partial charge in [-0.15, -0.1) is 0 Å². The smallest absolute Gasteiger partial charge is 0.321 e. The van der Waals surface area contributed by atoms with Crippen LogP contribution in [0.4, 0.5) is 0 Å². The molecule has 0 unspecified atom stereocenters. The Morgan fingerprint density at radius 1 is 0.788 bits per heavy atom. The number of phenols is 1. The summed E-state index contributed by atoms with van der Waals surface area (Å²) in [6.07, 6.45) is 0.0808. The van der Waals surface area contributed by atoms with E-state index in [0.29, 0.717) is 5.56 Å².